The Kier molecular flexibility index (Phi) is 4.20. The van der Waals surface area contributed by atoms with Crippen molar-refractivity contribution in [1.82, 2.24) is 15.5 Å². The largest absolute Gasteiger partial charge is 0.411 e. The Labute approximate surface area is 133 Å². The van der Waals surface area contributed by atoms with Gasteiger partial charge in [0, 0.05) is 11.6 Å². The van der Waals surface area contributed by atoms with Crippen LogP contribution in [-0.2, 0) is 4.79 Å². The third-order valence-electron chi connectivity index (χ3n) is 3.73. The standard InChI is InChI=1S/C16H19N3O2S/c1-9-4-5-12(8-10(9)2)15-18-19-16(21-15)22-11(3)14(20)17-13-6-7-13/h4-5,8,11,13H,6-7H2,1-3H3,(H,17,20)/t11-/m0/s1. The molecule has 0 radical (unpaired) electrons. The highest BCUT2D eigenvalue weighted by Crippen LogP contribution is 2.28. The van der Waals surface area contributed by atoms with Gasteiger partial charge in [0.1, 0.15) is 0 Å². The van der Waals surface area contributed by atoms with Crippen molar-refractivity contribution >= 4 is 17.7 Å². The van der Waals surface area contributed by atoms with Crippen LogP contribution in [0.1, 0.15) is 30.9 Å². The molecule has 0 unspecified atom stereocenters. The Morgan fingerprint density at radius 2 is 2.09 bits per heavy atom. The van der Waals surface area contributed by atoms with Crippen molar-refractivity contribution in [3.8, 4) is 11.5 Å². The van der Waals surface area contributed by atoms with E-state index in [9.17, 15) is 4.79 Å². The quantitative estimate of drug-likeness (QED) is 0.858. The fraction of sp³-hybridized carbons (Fsp3) is 0.438. The second kappa shape index (κ2) is 6.12. The zero-order valence-electron chi connectivity index (χ0n) is 12.9. The Morgan fingerprint density at radius 3 is 2.77 bits per heavy atom. The molecule has 1 amide bonds. The molecule has 1 fully saturated rings. The van der Waals surface area contributed by atoms with Gasteiger partial charge in [-0.3, -0.25) is 4.79 Å². The number of amides is 1. The number of thioether (sulfide) groups is 1. The lowest BCUT2D eigenvalue weighted by molar-refractivity contribution is -0.120. The fourth-order valence-corrected chi connectivity index (χ4v) is 2.69. The minimum Gasteiger partial charge on any atom is -0.411 e. The third kappa shape index (κ3) is 3.50. The highest BCUT2D eigenvalue weighted by molar-refractivity contribution is 8.00. The van der Waals surface area contributed by atoms with E-state index in [4.69, 9.17) is 4.42 Å². The van der Waals surface area contributed by atoms with E-state index in [0.717, 1.165) is 18.4 Å². The Bertz CT molecular complexity index is 694. The molecule has 0 aliphatic heterocycles. The molecule has 22 heavy (non-hydrogen) atoms. The van der Waals surface area contributed by atoms with E-state index in [2.05, 4.69) is 29.4 Å². The summed E-state index contributed by atoms with van der Waals surface area (Å²) in [6.07, 6.45) is 2.17. The number of nitrogens with one attached hydrogen (secondary N) is 1. The highest BCUT2D eigenvalue weighted by Gasteiger charge is 2.27. The lowest BCUT2D eigenvalue weighted by atomic mass is 10.1. The summed E-state index contributed by atoms with van der Waals surface area (Å²) in [6.45, 7) is 5.96. The molecule has 116 valence electrons. The van der Waals surface area contributed by atoms with Crippen molar-refractivity contribution in [3.05, 3.63) is 29.3 Å². The molecule has 0 spiro atoms. The topological polar surface area (TPSA) is 68.0 Å². The summed E-state index contributed by atoms with van der Waals surface area (Å²) in [6, 6.07) is 6.39. The normalized spacial score (nSPS) is 15.6. The number of benzene rings is 1. The van der Waals surface area contributed by atoms with E-state index in [0.29, 0.717) is 17.2 Å². The van der Waals surface area contributed by atoms with Gasteiger partial charge in [-0.2, -0.15) is 0 Å². The van der Waals surface area contributed by atoms with Crippen LogP contribution in [0.3, 0.4) is 0 Å². The highest BCUT2D eigenvalue weighted by atomic mass is 32.2. The number of carbonyl (C=O) groups excluding carboxylic acids is 1. The smallest absolute Gasteiger partial charge is 0.277 e. The molecule has 1 saturated carbocycles. The molecule has 5 nitrogen and oxygen atoms in total. The molecule has 1 heterocycles. The van der Waals surface area contributed by atoms with Crippen LogP contribution in [0.4, 0.5) is 0 Å². The summed E-state index contributed by atoms with van der Waals surface area (Å²) < 4.78 is 5.67. The zero-order chi connectivity index (χ0) is 15.7. The van der Waals surface area contributed by atoms with Crippen LogP contribution in [0.2, 0.25) is 0 Å². The van der Waals surface area contributed by atoms with Crippen molar-refractivity contribution in [2.24, 2.45) is 0 Å². The molecular weight excluding hydrogens is 298 g/mol. The average molecular weight is 317 g/mol. The van der Waals surface area contributed by atoms with Crippen LogP contribution in [0.15, 0.2) is 27.8 Å². The van der Waals surface area contributed by atoms with Gasteiger partial charge in [-0.05, 0) is 56.9 Å². The summed E-state index contributed by atoms with van der Waals surface area (Å²) >= 11 is 1.29. The molecule has 1 aromatic carbocycles. The third-order valence-corrected chi connectivity index (χ3v) is 4.67. The Hall–Kier alpha value is -1.82. The summed E-state index contributed by atoms with van der Waals surface area (Å²) in [4.78, 5) is 11.9. The van der Waals surface area contributed by atoms with Gasteiger partial charge in [0.15, 0.2) is 0 Å². The maximum Gasteiger partial charge on any atom is 0.277 e. The number of nitrogens with zero attached hydrogens (tertiary/aromatic N) is 2. The van der Waals surface area contributed by atoms with Gasteiger partial charge in [-0.15, -0.1) is 10.2 Å². The van der Waals surface area contributed by atoms with Gasteiger partial charge in [0.2, 0.25) is 11.8 Å². The summed E-state index contributed by atoms with van der Waals surface area (Å²) in [7, 11) is 0. The monoisotopic (exact) mass is 317 g/mol. The van der Waals surface area contributed by atoms with Gasteiger partial charge in [0.25, 0.3) is 5.22 Å². The van der Waals surface area contributed by atoms with Gasteiger partial charge in [0.05, 0.1) is 5.25 Å². The average Bonchev–Trinajstić information content (AvgIpc) is 3.18. The molecule has 6 heteroatoms. The second-order valence-corrected chi connectivity index (χ2v) is 7.01. The van der Waals surface area contributed by atoms with Gasteiger partial charge >= 0.3 is 0 Å². The zero-order valence-corrected chi connectivity index (χ0v) is 13.7. The first-order valence-corrected chi connectivity index (χ1v) is 8.29. The lowest BCUT2D eigenvalue weighted by Crippen LogP contribution is -2.32. The van der Waals surface area contributed by atoms with Crippen molar-refractivity contribution in [1.29, 1.82) is 0 Å². The van der Waals surface area contributed by atoms with E-state index >= 15 is 0 Å². The van der Waals surface area contributed by atoms with Crippen LogP contribution in [0.25, 0.3) is 11.5 Å². The van der Waals surface area contributed by atoms with E-state index in [1.165, 1.54) is 22.9 Å². The van der Waals surface area contributed by atoms with Gasteiger partial charge in [-0.25, -0.2) is 0 Å². The van der Waals surface area contributed by atoms with Crippen LogP contribution in [-0.4, -0.2) is 27.4 Å². The molecule has 1 atom stereocenters. The molecular formula is C16H19N3O2S. The summed E-state index contributed by atoms with van der Waals surface area (Å²) in [5.74, 6) is 0.513. The van der Waals surface area contributed by atoms with E-state index in [1.807, 2.05) is 25.1 Å². The van der Waals surface area contributed by atoms with Crippen molar-refractivity contribution in [2.75, 3.05) is 0 Å². The minimum absolute atomic E-state index is 0.0263. The first-order valence-electron chi connectivity index (χ1n) is 7.41. The number of carbonyl (C=O) groups is 1. The fourth-order valence-electron chi connectivity index (χ4n) is 2.00. The predicted molar refractivity (Wildman–Crippen MR) is 85.7 cm³/mol. The first kappa shape index (κ1) is 15.1. The van der Waals surface area contributed by atoms with E-state index < -0.39 is 0 Å². The van der Waals surface area contributed by atoms with E-state index in [-0.39, 0.29) is 11.2 Å². The molecule has 1 aliphatic carbocycles. The number of hydrogen-bond donors (Lipinski definition) is 1. The Balaban J connectivity index is 1.67. The molecule has 0 saturated heterocycles. The minimum atomic E-state index is -0.242. The Morgan fingerprint density at radius 1 is 1.32 bits per heavy atom. The molecule has 1 aromatic heterocycles. The number of hydrogen-bond acceptors (Lipinski definition) is 5. The second-order valence-electron chi connectivity index (χ2n) is 5.72. The van der Waals surface area contributed by atoms with Crippen molar-refractivity contribution in [3.63, 3.8) is 0 Å². The molecule has 1 N–H and O–H groups in total. The van der Waals surface area contributed by atoms with Crippen LogP contribution in [0, 0.1) is 13.8 Å². The molecule has 2 aromatic rings. The summed E-state index contributed by atoms with van der Waals surface area (Å²) in [5.41, 5.74) is 3.31. The number of aryl methyl sites for hydroxylation is 2. The van der Waals surface area contributed by atoms with Crippen molar-refractivity contribution in [2.45, 2.75) is 50.1 Å². The van der Waals surface area contributed by atoms with E-state index in [1.54, 1.807) is 0 Å². The summed E-state index contributed by atoms with van der Waals surface area (Å²) in [5, 5.41) is 11.3. The molecule has 3 rings (SSSR count). The van der Waals surface area contributed by atoms with Crippen LogP contribution < -0.4 is 5.32 Å². The van der Waals surface area contributed by atoms with Gasteiger partial charge < -0.3 is 9.73 Å². The maximum atomic E-state index is 11.9. The number of aromatic nitrogens is 2. The SMILES string of the molecule is Cc1ccc(-c2nnc(S[C@@H](C)C(=O)NC3CC3)o2)cc1C. The van der Waals surface area contributed by atoms with Crippen molar-refractivity contribution < 1.29 is 9.21 Å². The van der Waals surface area contributed by atoms with Crippen LogP contribution >= 0.6 is 11.8 Å². The van der Waals surface area contributed by atoms with Crippen LogP contribution in [0.5, 0.6) is 0 Å². The van der Waals surface area contributed by atoms with Gasteiger partial charge in [-0.1, -0.05) is 17.8 Å². The number of rotatable bonds is 5. The maximum absolute atomic E-state index is 11.9. The lowest BCUT2D eigenvalue weighted by Gasteiger charge is -2.08. The first-order chi connectivity index (χ1) is 10.5. The molecule has 1 aliphatic rings. The molecule has 0 bridgehead atoms. The predicted octanol–water partition coefficient (Wildman–Crippen LogP) is 3.11.